The van der Waals surface area contributed by atoms with Crippen molar-refractivity contribution in [2.45, 2.75) is 19.4 Å². The zero-order valence-corrected chi connectivity index (χ0v) is 19.0. The second-order valence-corrected chi connectivity index (χ2v) is 7.99. The minimum Gasteiger partial charge on any atom is -0.497 e. The van der Waals surface area contributed by atoms with E-state index in [1.807, 2.05) is 48.2 Å². The van der Waals surface area contributed by atoms with Crippen molar-refractivity contribution in [3.63, 3.8) is 0 Å². The molecular weight excluding hydrogens is 426 g/mol. The van der Waals surface area contributed by atoms with Crippen molar-refractivity contribution in [2.75, 3.05) is 26.9 Å². The number of rotatable bonds is 7. The van der Waals surface area contributed by atoms with Gasteiger partial charge in [0, 0.05) is 17.1 Å². The molecule has 5 nitrogen and oxygen atoms in total. The van der Waals surface area contributed by atoms with Gasteiger partial charge < -0.3 is 19.1 Å². The molecule has 1 heterocycles. The Morgan fingerprint density at radius 3 is 2.47 bits per heavy atom. The van der Waals surface area contributed by atoms with Crippen LogP contribution in [0.2, 0.25) is 5.02 Å². The normalized spacial score (nSPS) is 15.1. The van der Waals surface area contributed by atoms with E-state index < -0.39 is 0 Å². The van der Waals surface area contributed by atoms with E-state index in [1.165, 1.54) is 5.56 Å². The minimum atomic E-state index is -0.233. The summed E-state index contributed by atoms with van der Waals surface area (Å²) in [6.45, 7) is 3.50. The fourth-order valence-corrected chi connectivity index (χ4v) is 4.19. The highest BCUT2D eigenvalue weighted by Crippen LogP contribution is 2.34. The molecule has 1 unspecified atom stereocenters. The highest BCUT2D eigenvalue weighted by atomic mass is 35.5. The van der Waals surface area contributed by atoms with Crippen LogP contribution >= 0.6 is 11.6 Å². The van der Waals surface area contributed by atoms with Crippen molar-refractivity contribution in [3.05, 3.63) is 88.4 Å². The molecule has 1 aliphatic rings. The summed E-state index contributed by atoms with van der Waals surface area (Å²) in [4.78, 5) is 15.3. The zero-order chi connectivity index (χ0) is 22.5. The first kappa shape index (κ1) is 22.0. The molecule has 0 aromatic heterocycles. The van der Waals surface area contributed by atoms with Gasteiger partial charge in [0.25, 0.3) is 5.91 Å². The van der Waals surface area contributed by atoms with Gasteiger partial charge in [0.15, 0.2) is 0 Å². The Bertz CT molecular complexity index is 1080. The van der Waals surface area contributed by atoms with Gasteiger partial charge >= 0.3 is 0 Å². The second kappa shape index (κ2) is 9.96. The number of benzene rings is 3. The van der Waals surface area contributed by atoms with Gasteiger partial charge in [-0.2, -0.15) is 0 Å². The molecule has 0 fully saturated rings. The third kappa shape index (κ3) is 4.83. The SMILES string of the molecule is CCOc1ccc2c(c1)CCN(C(=O)c1cccc(Cl)c1)C2COc1ccc(OC)cc1. The molecule has 3 aromatic carbocycles. The van der Waals surface area contributed by atoms with E-state index in [-0.39, 0.29) is 11.9 Å². The number of fused-ring (bicyclic) bond motifs is 1. The van der Waals surface area contributed by atoms with Gasteiger partial charge in [-0.15, -0.1) is 0 Å². The number of hydrogen-bond acceptors (Lipinski definition) is 4. The number of carbonyl (C=O) groups is 1. The molecule has 3 aromatic rings. The van der Waals surface area contributed by atoms with Gasteiger partial charge in [-0.3, -0.25) is 4.79 Å². The van der Waals surface area contributed by atoms with Gasteiger partial charge in [-0.25, -0.2) is 0 Å². The largest absolute Gasteiger partial charge is 0.497 e. The van der Waals surface area contributed by atoms with E-state index in [0.29, 0.717) is 30.3 Å². The molecule has 0 bridgehead atoms. The number of carbonyl (C=O) groups excluding carboxylic acids is 1. The van der Waals surface area contributed by atoms with Gasteiger partial charge in [-0.05, 0) is 79.1 Å². The molecule has 0 radical (unpaired) electrons. The third-order valence-electron chi connectivity index (χ3n) is 5.58. The van der Waals surface area contributed by atoms with Crippen LogP contribution in [0.1, 0.15) is 34.5 Å². The molecule has 1 aliphatic heterocycles. The lowest BCUT2D eigenvalue weighted by Crippen LogP contribution is -2.42. The number of ether oxygens (including phenoxy) is 3. The highest BCUT2D eigenvalue weighted by molar-refractivity contribution is 6.30. The predicted octanol–water partition coefficient (Wildman–Crippen LogP) is 5.57. The summed E-state index contributed by atoms with van der Waals surface area (Å²) in [6.07, 6.45) is 0.752. The first-order chi connectivity index (χ1) is 15.6. The Morgan fingerprint density at radius 1 is 1.00 bits per heavy atom. The van der Waals surface area contributed by atoms with E-state index in [1.54, 1.807) is 31.4 Å². The van der Waals surface area contributed by atoms with Crippen LogP contribution in [0, 0.1) is 0 Å². The molecule has 0 saturated carbocycles. The van der Waals surface area contributed by atoms with E-state index in [2.05, 4.69) is 6.07 Å². The van der Waals surface area contributed by atoms with E-state index in [0.717, 1.165) is 29.2 Å². The molecule has 1 amide bonds. The van der Waals surface area contributed by atoms with Crippen molar-refractivity contribution in [2.24, 2.45) is 0 Å². The maximum Gasteiger partial charge on any atom is 0.254 e. The van der Waals surface area contributed by atoms with E-state index in [9.17, 15) is 4.79 Å². The summed E-state index contributed by atoms with van der Waals surface area (Å²) in [7, 11) is 1.63. The summed E-state index contributed by atoms with van der Waals surface area (Å²) in [5.41, 5.74) is 2.82. The van der Waals surface area contributed by atoms with Crippen molar-refractivity contribution < 1.29 is 19.0 Å². The summed E-state index contributed by atoms with van der Waals surface area (Å²) in [5, 5.41) is 0.542. The lowest BCUT2D eigenvalue weighted by Gasteiger charge is -2.37. The molecule has 0 aliphatic carbocycles. The fraction of sp³-hybridized carbons (Fsp3) is 0.269. The van der Waals surface area contributed by atoms with Crippen LogP contribution < -0.4 is 14.2 Å². The first-order valence-electron chi connectivity index (χ1n) is 10.7. The van der Waals surface area contributed by atoms with Crippen molar-refractivity contribution >= 4 is 17.5 Å². The topological polar surface area (TPSA) is 48.0 Å². The van der Waals surface area contributed by atoms with Crippen molar-refractivity contribution in [3.8, 4) is 17.2 Å². The maximum atomic E-state index is 13.4. The second-order valence-electron chi connectivity index (χ2n) is 7.55. The molecule has 0 spiro atoms. The number of hydrogen-bond donors (Lipinski definition) is 0. The van der Waals surface area contributed by atoms with Crippen molar-refractivity contribution in [1.29, 1.82) is 0 Å². The average Bonchev–Trinajstić information content (AvgIpc) is 2.82. The molecule has 4 rings (SSSR count). The van der Waals surface area contributed by atoms with Crippen LogP contribution in [-0.2, 0) is 6.42 Å². The number of nitrogens with zero attached hydrogens (tertiary/aromatic N) is 1. The fourth-order valence-electron chi connectivity index (χ4n) is 4.00. The molecule has 166 valence electrons. The summed E-state index contributed by atoms with van der Waals surface area (Å²) in [6, 6.07) is 20.3. The van der Waals surface area contributed by atoms with Gasteiger partial charge in [0.2, 0.25) is 0 Å². The van der Waals surface area contributed by atoms with Crippen LogP contribution in [0.15, 0.2) is 66.7 Å². The number of amides is 1. The molecule has 32 heavy (non-hydrogen) atoms. The Kier molecular flexibility index (Phi) is 6.86. The number of halogens is 1. The number of methoxy groups -OCH3 is 1. The van der Waals surface area contributed by atoms with Crippen LogP contribution in [0.4, 0.5) is 0 Å². The Hall–Kier alpha value is -3.18. The lowest BCUT2D eigenvalue weighted by molar-refractivity contribution is 0.0590. The quantitative estimate of drug-likeness (QED) is 0.471. The average molecular weight is 452 g/mol. The summed E-state index contributed by atoms with van der Waals surface area (Å²) < 4.78 is 17.0. The Morgan fingerprint density at radius 2 is 1.75 bits per heavy atom. The monoisotopic (exact) mass is 451 g/mol. The minimum absolute atomic E-state index is 0.0598. The predicted molar refractivity (Wildman–Crippen MR) is 125 cm³/mol. The van der Waals surface area contributed by atoms with Crippen LogP contribution in [0.3, 0.4) is 0 Å². The van der Waals surface area contributed by atoms with Gasteiger partial charge in [0.05, 0.1) is 19.8 Å². The van der Waals surface area contributed by atoms with Crippen molar-refractivity contribution in [1.82, 2.24) is 4.90 Å². The summed E-state index contributed by atoms with van der Waals surface area (Å²) >= 11 is 6.14. The zero-order valence-electron chi connectivity index (χ0n) is 18.2. The molecular formula is C26H26ClNO4. The standard InChI is InChI=1S/C26H26ClNO4/c1-3-31-23-11-12-24-18(16-23)13-14-28(26(29)19-5-4-6-20(27)15-19)25(24)17-32-22-9-7-21(30-2)8-10-22/h4-12,15-16,25H,3,13-14,17H2,1-2H3. The van der Waals surface area contributed by atoms with Gasteiger partial charge in [0.1, 0.15) is 23.9 Å². The lowest BCUT2D eigenvalue weighted by atomic mass is 9.92. The van der Waals surface area contributed by atoms with E-state index >= 15 is 0 Å². The Balaban J connectivity index is 1.63. The third-order valence-corrected chi connectivity index (χ3v) is 5.82. The molecule has 6 heteroatoms. The molecule has 0 N–H and O–H groups in total. The smallest absolute Gasteiger partial charge is 0.254 e. The summed E-state index contributed by atoms with van der Waals surface area (Å²) in [5.74, 6) is 2.27. The van der Waals surface area contributed by atoms with Crippen LogP contribution in [0.5, 0.6) is 17.2 Å². The van der Waals surface area contributed by atoms with Gasteiger partial charge in [-0.1, -0.05) is 23.7 Å². The van der Waals surface area contributed by atoms with Crippen LogP contribution in [0.25, 0.3) is 0 Å². The maximum absolute atomic E-state index is 13.4. The highest BCUT2D eigenvalue weighted by Gasteiger charge is 2.32. The molecule has 0 saturated heterocycles. The Labute approximate surface area is 193 Å². The first-order valence-corrected chi connectivity index (χ1v) is 11.1. The van der Waals surface area contributed by atoms with Crippen LogP contribution in [-0.4, -0.2) is 37.7 Å². The molecule has 1 atom stereocenters. The van der Waals surface area contributed by atoms with E-state index in [4.69, 9.17) is 25.8 Å².